The Morgan fingerprint density at radius 2 is 2.46 bits per heavy atom. The summed E-state index contributed by atoms with van der Waals surface area (Å²) >= 11 is 0. The number of fused-ring (bicyclic) bond motifs is 2. The highest BCUT2D eigenvalue weighted by molar-refractivity contribution is 5.90. The van der Waals surface area contributed by atoms with Gasteiger partial charge in [-0.25, -0.2) is 4.79 Å². The fraction of sp³-hybridized carbons (Fsp3) is 0.714. The SMILES string of the molecule is NC(=O)C1(O)CCC2CN1C(=O)N2. The van der Waals surface area contributed by atoms with Crippen LogP contribution < -0.4 is 11.1 Å². The Bertz CT molecular complexity index is 280. The Hall–Kier alpha value is -1.30. The molecule has 2 aliphatic rings. The molecule has 2 bridgehead atoms. The lowest BCUT2D eigenvalue weighted by Crippen LogP contribution is -2.60. The first-order valence-corrected chi connectivity index (χ1v) is 4.14. The van der Waals surface area contributed by atoms with Crippen molar-refractivity contribution in [2.75, 3.05) is 6.54 Å². The molecule has 4 N–H and O–H groups in total. The van der Waals surface area contributed by atoms with Gasteiger partial charge in [-0.1, -0.05) is 0 Å². The van der Waals surface area contributed by atoms with Crippen LogP contribution in [-0.2, 0) is 4.79 Å². The summed E-state index contributed by atoms with van der Waals surface area (Å²) in [5, 5.41) is 12.4. The zero-order valence-electron chi connectivity index (χ0n) is 6.99. The smallest absolute Gasteiger partial charge is 0.320 e. The molecule has 2 atom stereocenters. The Morgan fingerprint density at radius 1 is 1.77 bits per heavy atom. The zero-order chi connectivity index (χ0) is 9.64. The molecule has 0 aromatic rings. The molecule has 2 aliphatic heterocycles. The van der Waals surface area contributed by atoms with E-state index in [0.29, 0.717) is 13.0 Å². The maximum Gasteiger partial charge on any atom is 0.320 e. The molecule has 3 amide bonds. The van der Waals surface area contributed by atoms with Crippen LogP contribution in [0.15, 0.2) is 0 Å². The first-order chi connectivity index (χ1) is 6.04. The maximum atomic E-state index is 11.2. The van der Waals surface area contributed by atoms with E-state index >= 15 is 0 Å². The average molecular weight is 185 g/mol. The molecular weight excluding hydrogens is 174 g/mol. The van der Waals surface area contributed by atoms with E-state index < -0.39 is 17.7 Å². The average Bonchev–Trinajstić information content (AvgIpc) is 2.38. The topological polar surface area (TPSA) is 95.7 Å². The van der Waals surface area contributed by atoms with Gasteiger partial charge in [0.1, 0.15) is 0 Å². The van der Waals surface area contributed by atoms with Gasteiger partial charge in [-0.3, -0.25) is 9.69 Å². The summed E-state index contributed by atoms with van der Waals surface area (Å²) in [7, 11) is 0. The molecule has 2 unspecified atom stereocenters. The molecule has 0 aromatic carbocycles. The molecule has 2 fully saturated rings. The largest absolute Gasteiger partial charge is 0.365 e. The normalized spacial score (nSPS) is 37.5. The lowest BCUT2D eigenvalue weighted by atomic mass is 9.97. The molecule has 6 heteroatoms. The Kier molecular flexibility index (Phi) is 1.50. The minimum Gasteiger partial charge on any atom is -0.365 e. The highest BCUT2D eigenvalue weighted by Crippen LogP contribution is 2.29. The van der Waals surface area contributed by atoms with Crippen LogP contribution in [0.3, 0.4) is 0 Å². The molecular formula is C7H11N3O3. The van der Waals surface area contributed by atoms with Crippen LogP contribution in [0.1, 0.15) is 12.8 Å². The number of primary amides is 1. The number of hydrogen-bond donors (Lipinski definition) is 3. The van der Waals surface area contributed by atoms with Crippen LogP contribution in [0.4, 0.5) is 4.79 Å². The standard InChI is InChI=1S/C7H11N3O3/c8-5(11)7(13)2-1-4-3-10(7)6(12)9-4/h4,13H,1-3H2,(H2,8,11)(H,9,12). The number of carbonyl (C=O) groups excluding carboxylic acids is 2. The maximum absolute atomic E-state index is 11.2. The van der Waals surface area contributed by atoms with Crippen LogP contribution in [-0.4, -0.2) is 40.3 Å². The van der Waals surface area contributed by atoms with Crippen LogP contribution >= 0.6 is 0 Å². The quantitative estimate of drug-likeness (QED) is 0.456. The van der Waals surface area contributed by atoms with Gasteiger partial charge in [0.05, 0.1) is 0 Å². The van der Waals surface area contributed by atoms with Crippen LogP contribution in [0, 0.1) is 0 Å². The van der Waals surface area contributed by atoms with Crippen LogP contribution in [0.2, 0.25) is 0 Å². The van der Waals surface area contributed by atoms with Crippen LogP contribution in [0.5, 0.6) is 0 Å². The van der Waals surface area contributed by atoms with Gasteiger partial charge in [-0.2, -0.15) is 0 Å². The number of nitrogens with zero attached hydrogens (tertiary/aromatic N) is 1. The monoisotopic (exact) mass is 185 g/mol. The number of aliphatic hydroxyl groups is 1. The van der Waals surface area contributed by atoms with Crippen molar-refractivity contribution in [3.8, 4) is 0 Å². The van der Waals surface area contributed by atoms with E-state index in [1.807, 2.05) is 0 Å². The van der Waals surface area contributed by atoms with Gasteiger partial charge < -0.3 is 16.2 Å². The molecule has 0 radical (unpaired) electrons. The molecule has 2 rings (SSSR count). The van der Waals surface area contributed by atoms with Crippen molar-refractivity contribution in [3.63, 3.8) is 0 Å². The summed E-state index contributed by atoms with van der Waals surface area (Å²) in [5.74, 6) is -0.858. The lowest BCUT2D eigenvalue weighted by molar-refractivity contribution is -0.157. The fourth-order valence-electron chi connectivity index (χ4n) is 1.85. The second-order valence-corrected chi connectivity index (χ2v) is 3.48. The second kappa shape index (κ2) is 2.35. The summed E-state index contributed by atoms with van der Waals surface area (Å²) in [6, 6.07) is -0.365. The van der Waals surface area contributed by atoms with E-state index in [2.05, 4.69) is 5.32 Å². The number of rotatable bonds is 1. The van der Waals surface area contributed by atoms with E-state index in [0.717, 1.165) is 4.90 Å². The molecule has 0 aliphatic carbocycles. The lowest BCUT2D eigenvalue weighted by Gasteiger charge is -2.36. The second-order valence-electron chi connectivity index (χ2n) is 3.48. The first-order valence-electron chi connectivity index (χ1n) is 4.14. The van der Waals surface area contributed by atoms with Crippen molar-refractivity contribution in [1.29, 1.82) is 0 Å². The van der Waals surface area contributed by atoms with E-state index in [1.54, 1.807) is 0 Å². The number of nitrogens with one attached hydrogen (secondary N) is 1. The number of piperidine rings is 1. The van der Waals surface area contributed by atoms with Crippen molar-refractivity contribution in [2.24, 2.45) is 5.73 Å². The molecule has 13 heavy (non-hydrogen) atoms. The summed E-state index contributed by atoms with van der Waals surface area (Å²) in [6.45, 7) is 0.359. The Balaban J connectivity index is 2.31. The predicted octanol–water partition coefficient (Wildman–Crippen LogP) is -1.65. The van der Waals surface area contributed by atoms with Gasteiger partial charge in [-0.15, -0.1) is 0 Å². The van der Waals surface area contributed by atoms with Gasteiger partial charge in [-0.05, 0) is 6.42 Å². The van der Waals surface area contributed by atoms with Gasteiger partial charge in [0.15, 0.2) is 0 Å². The van der Waals surface area contributed by atoms with Crippen molar-refractivity contribution in [2.45, 2.75) is 24.6 Å². The molecule has 0 spiro atoms. The number of nitrogens with two attached hydrogens (primary N) is 1. The Morgan fingerprint density at radius 3 is 3.08 bits per heavy atom. The minimum atomic E-state index is -1.78. The van der Waals surface area contributed by atoms with E-state index in [9.17, 15) is 14.7 Å². The molecule has 0 saturated carbocycles. The van der Waals surface area contributed by atoms with Crippen molar-refractivity contribution < 1.29 is 14.7 Å². The summed E-state index contributed by atoms with van der Waals surface area (Å²) < 4.78 is 0. The molecule has 72 valence electrons. The number of amides is 3. The van der Waals surface area contributed by atoms with Gasteiger partial charge in [0.25, 0.3) is 5.91 Å². The molecule has 0 aromatic heterocycles. The third-order valence-corrected chi connectivity index (χ3v) is 2.66. The highest BCUT2D eigenvalue weighted by Gasteiger charge is 2.51. The van der Waals surface area contributed by atoms with Crippen molar-refractivity contribution in [3.05, 3.63) is 0 Å². The zero-order valence-corrected chi connectivity index (χ0v) is 6.99. The Labute approximate surface area is 74.7 Å². The van der Waals surface area contributed by atoms with Gasteiger partial charge in [0.2, 0.25) is 5.72 Å². The third-order valence-electron chi connectivity index (χ3n) is 2.66. The van der Waals surface area contributed by atoms with E-state index in [1.165, 1.54) is 0 Å². The van der Waals surface area contributed by atoms with Crippen molar-refractivity contribution >= 4 is 11.9 Å². The summed E-state index contributed by atoms with van der Waals surface area (Å²) in [5.41, 5.74) is 3.26. The summed E-state index contributed by atoms with van der Waals surface area (Å²) in [6.07, 6.45) is 0.799. The molecule has 2 saturated heterocycles. The highest BCUT2D eigenvalue weighted by atomic mass is 16.3. The minimum absolute atomic E-state index is 0.0483. The van der Waals surface area contributed by atoms with Gasteiger partial charge in [0, 0.05) is 19.0 Å². The molecule has 2 heterocycles. The number of hydrogen-bond acceptors (Lipinski definition) is 3. The fourth-order valence-corrected chi connectivity index (χ4v) is 1.85. The van der Waals surface area contributed by atoms with Crippen molar-refractivity contribution in [1.82, 2.24) is 10.2 Å². The van der Waals surface area contributed by atoms with Crippen LogP contribution in [0.25, 0.3) is 0 Å². The summed E-state index contributed by atoms with van der Waals surface area (Å²) in [4.78, 5) is 23.3. The predicted molar refractivity (Wildman–Crippen MR) is 42.4 cm³/mol. The van der Waals surface area contributed by atoms with E-state index in [4.69, 9.17) is 5.73 Å². The number of carbonyl (C=O) groups is 2. The molecule has 6 nitrogen and oxygen atoms in total. The number of urea groups is 1. The van der Waals surface area contributed by atoms with E-state index in [-0.39, 0.29) is 12.5 Å². The third kappa shape index (κ3) is 0.983. The van der Waals surface area contributed by atoms with Gasteiger partial charge >= 0.3 is 6.03 Å². The first kappa shape index (κ1) is 8.31.